The molecule has 2 aromatic rings. The average molecular weight is 621 g/mol. The van der Waals surface area contributed by atoms with Crippen LogP contribution in [-0.4, -0.2) is 81.5 Å². The molecule has 4 aliphatic rings. The van der Waals surface area contributed by atoms with Crippen LogP contribution in [0.4, 0.5) is 23.7 Å². The van der Waals surface area contributed by atoms with Crippen LogP contribution < -0.4 is 10.1 Å². The van der Waals surface area contributed by atoms with Gasteiger partial charge in [-0.1, -0.05) is 25.5 Å². The zero-order chi connectivity index (χ0) is 31.0. The number of alkyl halides is 3. The summed E-state index contributed by atoms with van der Waals surface area (Å²) in [6.07, 6.45) is -0.117. The summed E-state index contributed by atoms with van der Waals surface area (Å²) >= 11 is 0. The normalized spacial score (nSPS) is 22.3. The number of halogens is 3. The minimum atomic E-state index is -4.45. The molecule has 12 heteroatoms. The minimum Gasteiger partial charge on any atom is -0.497 e. The quantitative estimate of drug-likeness (QED) is 0.372. The molecule has 0 spiro atoms. The Kier molecular flexibility index (Phi) is 8.84. The number of carbonyl (C=O) groups excluding carboxylic acids is 1. The van der Waals surface area contributed by atoms with E-state index in [1.165, 1.54) is 29.1 Å². The third kappa shape index (κ3) is 6.71. The van der Waals surface area contributed by atoms with Crippen LogP contribution in [0.3, 0.4) is 0 Å². The second-order valence-corrected chi connectivity index (χ2v) is 14.1. The number of hydrogen-bond donors (Lipinski definition) is 1. The number of rotatable bonds is 9. The van der Waals surface area contributed by atoms with E-state index in [0.717, 1.165) is 25.0 Å². The number of anilines is 1. The lowest BCUT2D eigenvalue weighted by molar-refractivity contribution is -0.137. The Morgan fingerprint density at radius 1 is 1.05 bits per heavy atom. The van der Waals surface area contributed by atoms with Gasteiger partial charge in [0.2, 0.25) is 10.0 Å². The molecule has 6 rings (SSSR count). The molecule has 1 N–H and O–H groups in total. The molecule has 1 saturated carbocycles. The first-order valence-corrected chi connectivity index (χ1v) is 16.0. The van der Waals surface area contributed by atoms with Gasteiger partial charge in [0, 0.05) is 51.5 Å². The number of allylic oxidation sites excluding steroid dienone is 1. The summed E-state index contributed by atoms with van der Waals surface area (Å²) in [4.78, 5) is 17.5. The molecule has 2 fully saturated rings. The van der Waals surface area contributed by atoms with E-state index in [1.54, 1.807) is 29.2 Å². The molecule has 2 unspecified atom stereocenters. The van der Waals surface area contributed by atoms with Crippen molar-refractivity contribution in [2.24, 2.45) is 17.3 Å². The fourth-order valence-electron chi connectivity index (χ4n) is 6.43. The molecular weight excluding hydrogens is 581 g/mol. The van der Waals surface area contributed by atoms with Crippen molar-refractivity contribution in [1.82, 2.24) is 14.1 Å². The highest BCUT2D eigenvalue weighted by atomic mass is 32.2. The number of carbonyl (C=O) groups is 1. The molecule has 2 amide bonds. The number of ether oxygens (including phenoxy) is 1. The smallest absolute Gasteiger partial charge is 0.416 e. The number of amides is 2. The summed E-state index contributed by atoms with van der Waals surface area (Å²) in [5.74, 6) is 1.64. The van der Waals surface area contributed by atoms with Crippen molar-refractivity contribution in [3.8, 4) is 5.75 Å². The van der Waals surface area contributed by atoms with Crippen LogP contribution in [0.25, 0.3) is 0 Å². The van der Waals surface area contributed by atoms with Crippen LogP contribution >= 0.6 is 0 Å². The van der Waals surface area contributed by atoms with Gasteiger partial charge < -0.3 is 15.0 Å². The summed E-state index contributed by atoms with van der Waals surface area (Å²) in [7, 11) is -2.11. The van der Waals surface area contributed by atoms with Gasteiger partial charge in [-0.25, -0.2) is 13.2 Å². The van der Waals surface area contributed by atoms with E-state index in [9.17, 15) is 26.4 Å². The van der Waals surface area contributed by atoms with Crippen LogP contribution in [0.2, 0.25) is 0 Å². The van der Waals surface area contributed by atoms with E-state index in [-0.39, 0.29) is 16.3 Å². The molecule has 2 bridgehead atoms. The highest BCUT2D eigenvalue weighted by Gasteiger charge is 2.51. The average Bonchev–Trinajstić information content (AvgIpc) is 2.99. The second kappa shape index (κ2) is 12.1. The Morgan fingerprint density at radius 2 is 1.70 bits per heavy atom. The molecule has 1 heterocycles. The Labute approximate surface area is 251 Å². The molecule has 2 aromatic carbocycles. The molecule has 0 aromatic heterocycles. The standard InChI is InChI=1S/C31H39F3N4O4S/c1-30(2)24-5-4-22(28(30)20-24)21-37(29(39)35-25-8-6-23(7-9-25)31(32,33)34)17-14-36-15-18-38(19-16-36)43(40,41)27-12-10-26(42-3)11-13-27/h4,6-13,24,28H,5,14-21H2,1-3H3,(H,35,39). The van der Waals surface area contributed by atoms with Crippen molar-refractivity contribution < 1.29 is 31.1 Å². The van der Waals surface area contributed by atoms with E-state index >= 15 is 0 Å². The Bertz CT molecular complexity index is 1430. The summed E-state index contributed by atoms with van der Waals surface area (Å²) in [6.45, 7) is 7.61. The maximum Gasteiger partial charge on any atom is 0.416 e. The fraction of sp³-hybridized carbons (Fsp3) is 0.516. The van der Waals surface area contributed by atoms with Crippen LogP contribution in [0.15, 0.2) is 65.1 Å². The van der Waals surface area contributed by atoms with E-state index < -0.39 is 21.8 Å². The maximum absolute atomic E-state index is 13.5. The van der Waals surface area contributed by atoms with E-state index in [2.05, 4.69) is 30.1 Å². The first kappa shape index (κ1) is 31.3. The number of sulfonamides is 1. The molecule has 1 aliphatic heterocycles. The van der Waals surface area contributed by atoms with Crippen LogP contribution in [-0.2, 0) is 16.2 Å². The summed E-state index contributed by atoms with van der Waals surface area (Å²) < 4.78 is 71.9. The number of urea groups is 1. The number of hydrogen-bond acceptors (Lipinski definition) is 5. The monoisotopic (exact) mass is 620 g/mol. The molecular formula is C31H39F3N4O4S. The molecule has 43 heavy (non-hydrogen) atoms. The highest BCUT2D eigenvalue weighted by molar-refractivity contribution is 7.89. The van der Waals surface area contributed by atoms with Crippen LogP contribution in [0.5, 0.6) is 5.75 Å². The molecule has 2 atom stereocenters. The lowest BCUT2D eigenvalue weighted by Crippen LogP contribution is -2.52. The third-order valence-corrected chi connectivity index (χ3v) is 11.3. The number of nitrogens with zero attached hydrogens (tertiary/aromatic N) is 3. The van der Waals surface area contributed by atoms with E-state index in [0.29, 0.717) is 69.1 Å². The Hall–Kier alpha value is -3.09. The van der Waals surface area contributed by atoms with Crippen LogP contribution in [0.1, 0.15) is 32.3 Å². The first-order valence-electron chi connectivity index (χ1n) is 14.6. The second-order valence-electron chi connectivity index (χ2n) is 12.2. The van der Waals surface area contributed by atoms with Gasteiger partial charge in [0.05, 0.1) is 17.6 Å². The predicted molar refractivity (Wildman–Crippen MR) is 158 cm³/mol. The summed E-state index contributed by atoms with van der Waals surface area (Å²) in [5, 5.41) is 2.78. The van der Waals surface area contributed by atoms with Gasteiger partial charge >= 0.3 is 12.2 Å². The van der Waals surface area contributed by atoms with E-state index in [4.69, 9.17) is 4.74 Å². The third-order valence-electron chi connectivity index (χ3n) is 9.42. The fourth-order valence-corrected chi connectivity index (χ4v) is 7.85. The molecule has 3 aliphatic carbocycles. The highest BCUT2D eigenvalue weighted by Crippen LogP contribution is 2.59. The Balaban J connectivity index is 1.22. The van der Waals surface area contributed by atoms with Crippen molar-refractivity contribution in [1.29, 1.82) is 0 Å². The van der Waals surface area contributed by atoms with Gasteiger partial charge in [-0.05, 0) is 78.6 Å². The Morgan fingerprint density at radius 3 is 2.26 bits per heavy atom. The van der Waals surface area contributed by atoms with Gasteiger partial charge in [-0.3, -0.25) is 4.90 Å². The van der Waals surface area contributed by atoms with E-state index in [1.807, 2.05) is 0 Å². The van der Waals surface area contributed by atoms with Crippen LogP contribution in [0, 0.1) is 17.3 Å². The lowest BCUT2D eigenvalue weighted by atomic mass is 9.49. The number of benzene rings is 2. The van der Waals surface area contributed by atoms with Gasteiger partial charge in [-0.2, -0.15) is 17.5 Å². The van der Waals surface area contributed by atoms with Crippen molar-refractivity contribution in [2.75, 3.05) is 58.2 Å². The molecule has 234 valence electrons. The number of nitrogens with one attached hydrogen (secondary N) is 1. The largest absolute Gasteiger partial charge is 0.497 e. The summed E-state index contributed by atoms with van der Waals surface area (Å²) in [6, 6.07) is 10.4. The van der Waals surface area contributed by atoms with Crippen molar-refractivity contribution in [2.45, 2.75) is 37.8 Å². The maximum atomic E-state index is 13.5. The topological polar surface area (TPSA) is 82.2 Å². The van der Waals surface area contributed by atoms with Gasteiger partial charge in [-0.15, -0.1) is 0 Å². The number of methoxy groups -OCH3 is 1. The van der Waals surface area contributed by atoms with Crippen molar-refractivity contribution in [3.63, 3.8) is 0 Å². The van der Waals surface area contributed by atoms with Gasteiger partial charge in [0.25, 0.3) is 0 Å². The van der Waals surface area contributed by atoms with Gasteiger partial charge in [0.15, 0.2) is 0 Å². The van der Waals surface area contributed by atoms with Gasteiger partial charge in [0.1, 0.15) is 5.75 Å². The zero-order valence-corrected chi connectivity index (χ0v) is 25.5. The predicted octanol–water partition coefficient (Wildman–Crippen LogP) is 5.55. The number of piperazine rings is 1. The molecule has 0 radical (unpaired) electrons. The molecule has 8 nitrogen and oxygen atoms in total. The number of fused-ring (bicyclic) bond motifs is 1. The minimum absolute atomic E-state index is 0.186. The summed E-state index contributed by atoms with van der Waals surface area (Å²) in [5.41, 5.74) is 0.933. The lowest BCUT2D eigenvalue weighted by Gasteiger charge is -2.57. The zero-order valence-electron chi connectivity index (χ0n) is 24.7. The molecule has 1 saturated heterocycles. The SMILES string of the molecule is COc1ccc(S(=O)(=O)N2CCN(CCN(CC3=CCC4CC3C4(C)C)C(=O)Nc3ccc(C(F)(F)F)cc3)CC2)cc1. The van der Waals surface area contributed by atoms with Crippen molar-refractivity contribution in [3.05, 3.63) is 65.7 Å². The van der Waals surface area contributed by atoms with Crippen molar-refractivity contribution >= 4 is 21.7 Å². The first-order chi connectivity index (χ1) is 20.3.